The van der Waals surface area contributed by atoms with Crippen LogP contribution < -0.4 is 4.90 Å². The maximum Gasteiger partial charge on any atom is 0.0502 e. The molecule has 0 fully saturated rings. The first-order chi connectivity index (χ1) is 8.69. The van der Waals surface area contributed by atoms with E-state index in [1.54, 1.807) is 11.3 Å². The van der Waals surface area contributed by atoms with Gasteiger partial charge in [-0.2, -0.15) is 0 Å². The maximum atomic E-state index is 2.64. The summed E-state index contributed by atoms with van der Waals surface area (Å²) in [5, 5.41) is 0. The molecule has 92 valence electrons. The van der Waals surface area contributed by atoms with Crippen molar-refractivity contribution in [3.05, 3.63) is 53.3 Å². The standard InChI is InChI=1S/C17H19N/c1-12-6-5-8-14-11-17(2)10-13-7-3-4-9-15(13)18(17)16(12)14/h3-5,7-9,12H,6,10-11H2,1-2H3. The fraction of sp³-hybridized carbons (Fsp3) is 0.412. The highest BCUT2D eigenvalue weighted by atomic mass is 15.3. The molecule has 0 bridgehead atoms. The van der Waals surface area contributed by atoms with Crippen LogP contribution in [0.4, 0.5) is 5.69 Å². The molecule has 0 saturated carbocycles. The van der Waals surface area contributed by atoms with Crippen molar-refractivity contribution >= 4 is 5.69 Å². The van der Waals surface area contributed by atoms with E-state index in [-0.39, 0.29) is 5.54 Å². The first-order valence-electron chi connectivity index (χ1n) is 6.97. The smallest absolute Gasteiger partial charge is 0.0502 e. The molecule has 1 nitrogen and oxygen atoms in total. The van der Waals surface area contributed by atoms with E-state index >= 15 is 0 Å². The minimum absolute atomic E-state index is 0.289. The van der Waals surface area contributed by atoms with Gasteiger partial charge in [-0.3, -0.25) is 0 Å². The number of hydrogen-bond acceptors (Lipinski definition) is 1. The second kappa shape index (κ2) is 3.28. The molecule has 0 N–H and O–H groups in total. The Morgan fingerprint density at radius 1 is 1.22 bits per heavy atom. The molecule has 0 radical (unpaired) electrons. The minimum Gasteiger partial charge on any atom is -0.338 e. The van der Waals surface area contributed by atoms with Gasteiger partial charge in [0, 0.05) is 17.3 Å². The third-order valence-electron chi connectivity index (χ3n) is 4.76. The Morgan fingerprint density at radius 3 is 2.94 bits per heavy atom. The number of benzene rings is 1. The number of allylic oxidation sites excluding steroid dienone is 3. The van der Waals surface area contributed by atoms with Gasteiger partial charge in [0.05, 0.1) is 5.54 Å². The van der Waals surface area contributed by atoms with E-state index in [0.717, 1.165) is 0 Å². The molecule has 2 atom stereocenters. The fourth-order valence-electron chi connectivity index (χ4n) is 4.07. The highest BCUT2D eigenvalue weighted by Gasteiger charge is 2.48. The lowest BCUT2D eigenvalue weighted by Gasteiger charge is -2.35. The van der Waals surface area contributed by atoms with Crippen LogP contribution in [0, 0.1) is 5.92 Å². The number of fused-ring (bicyclic) bond motifs is 4. The summed E-state index contributed by atoms with van der Waals surface area (Å²) in [6, 6.07) is 8.93. The molecule has 4 rings (SSSR count). The molecule has 2 heterocycles. The molecule has 0 aromatic heterocycles. The van der Waals surface area contributed by atoms with Crippen molar-refractivity contribution < 1.29 is 0 Å². The Kier molecular flexibility index (Phi) is 1.90. The summed E-state index contributed by atoms with van der Waals surface area (Å²) in [7, 11) is 0. The SMILES string of the molecule is CC1CC=CC2=C1N1c3ccccc3CC1(C)C2. The lowest BCUT2D eigenvalue weighted by Crippen LogP contribution is -2.39. The largest absolute Gasteiger partial charge is 0.338 e. The van der Waals surface area contributed by atoms with E-state index in [2.05, 4.69) is 55.2 Å². The van der Waals surface area contributed by atoms with Crippen molar-refractivity contribution in [3.8, 4) is 0 Å². The third-order valence-corrected chi connectivity index (χ3v) is 4.76. The minimum atomic E-state index is 0.289. The molecule has 1 aromatic carbocycles. The molecule has 1 heteroatoms. The number of hydrogen-bond donors (Lipinski definition) is 0. The average molecular weight is 237 g/mol. The summed E-state index contributed by atoms with van der Waals surface area (Å²) in [5.41, 5.74) is 6.42. The molecular weight excluding hydrogens is 218 g/mol. The van der Waals surface area contributed by atoms with Gasteiger partial charge in [-0.15, -0.1) is 0 Å². The lowest BCUT2D eigenvalue weighted by atomic mass is 9.89. The monoisotopic (exact) mass is 237 g/mol. The van der Waals surface area contributed by atoms with Crippen molar-refractivity contribution in [2.45, 2.75) is 38.6 Å². The third kappa shape index (κ3) is 1.17. The molecule has 2 unspecified atom stereocenters. The maximum absolute atomic E-state index is 2.64. The topological polar surface area (TPSA) is 3.24 Å². The Balaban J connectivity index is 1.91. The van der Waals surface area contributed by atoms with E-state index in [1.807, 2.05) is 0 Å². The zero-order valence-corrected chi connectivity index (χ0v) is 11.1. The van der Waals surface area contributed by atoms with Crippen molar-refractivity contribution in [1.29, 1.82) is 0 Å². The predicted molar refractivity (Wildman–Crippen MR) is 75.6 cm³/mol. The molecule has 18 heavy (non-hydrogen) atoms. The average Bonchev–Trinajstić information content (AvgIpc) is 2.77. The van der Waals surface area contributed by atoms with Crippen molar-refractivity contribution in [3.63, 3.8) is 0 Å². The van der Waals surface area contributed by atoms with E-state index in [1.165, 1.54) is 30.5 Å². The Bertz CT molecular complexity index is 581. The Labute approximate surface area is 109 Å². The first kappa shape index (κ1) is 10.4. The summed E-state index contributed by atoms with van der Waals surface area (Å²) < 4.78 is 0. The van der Waals surface area contributed by atoms with Gasteiger partial charge in [0.2, 0.25) is 0 Å². The Morgan fingerprint density at radius 2 is 2.06 bits per heavy atom. The van der Waals surface area contributed by atoms with Gasteiger partial charge in [-0.1, -0.05) is 37.3 Å². The highest BCUT2D eigenvalue weighted by Crippen LogP contribution is 2.52. The molecule has 0 saturated heterocycles. The molecule has 2 aliphatic heterocycles. The Hall–Kier alpha value is -1.50. The van der Waals surface area contributed by atoms with Crippen LogP contribution in [0.15, 0.2) is 47.7 Å². The van der Waals surface area contributed by atoms with Crippen LogP contribution in [0.5, 0.6) is 0 Å². The second-order valence-electron chi connectivity index (χ2n) is 6.26. The van der Waals surface area contributed by atoms with Crippen LogP contribution in [-0.2, 0) is 6.42 Å². The van der Waals surface area contributed by atoms with Crippen LogP contribution in [-0.4, -0.2) is 5.54 Å². The van der Waals surface area contributed by atoms with Gasteiger partial charge >= 0.3 is 0 Å². The van der Waals surface area contributed by atoms with Crippen molar-refractivity contribution in [1.82, 2.24) is 0 Å². The quantitative estimate of drug-likeness (QED) is 0.657. The van der Waals surface area contributed by atoms with Crippen molar-refractivity contribution in [2.75, 3.05) is 4.90 Å². The molecule has 3 aliphatic rings. The molecule has 0 spiro atoms. The van der Waals surface area contributed by atoms with E-state index in [9.17, 15) is 0 Å². The van der Waals surface area contributed by atoms with Gasteiger partial charge in [-0.05, 0) is 43.4 Å². The van der Waals surface area contributed by atoms with Gasteiger partial charge in [0.1, 0.15) is 0 Å². The first-order valence-corrected chi connectivity index (χ1v) is 6.97. The van der Waals surface area contributed by atoms with E-state index < -0.39 is 0 Å². The highest BCUT2D eigenvalue weighted by molar-refractivity contribution is 5.70. The van der Waals surface area contributed by atoms with Crippen LogP contribution in [0.3, 0.4) is 0 Å². The second-order valence-corrected chi connectivity index (χ2v) is 6.26. The van der Waals surface area contributed by atoms with Crippen molar-refractivity contribution in [2.24, 2.45) is 5.92 Å². The number of anilines is 1. The molecule has 0 amide bonds. The van der Waals surface area contributed by atoms with Gasteiger partial charge in [-0.25, -0.2) is 0 Å². The zero-order valence-electron chi connectivity index (χ0n) is 11.1. The van der Waals surface area contributed by atoms with Crippen LogP contribution in [0.25, 0.3) is 0 Å². The lowest BCUT2D eigenvalue weighted by molar-refractivity contribution is 0.487. The molecule has 1 aromatic rings. The normalized spacial score (nSPS) is 32.6. The molecular formula is C17H19N. The molecule has 1 aliphatic carbocycles. The summed E-state index contributed by atoms with van der Waals surface area (Å²) in [6.07, 6.45) is 8.30. The summed E-state index contributed by atoms with van der Waals surface area (Å²) in [5.74, 6) is 0.665. The van der Waals surface area contributed by atoms with Gasteiger partial charge in [0.15, 0.2) is 0 Å². The fourth-order valence-corrected chi connectivity index (χ4v) is 4.07. The van der Waals surface area contributed by atoms with Gasteiger partial charge in [0.25, 0.3) is 0 Å². The van der Waals surface area contributed by atoms with Crippen LogP contribution >= 0.6 is 0 Å². The van der Waals surface area contributed by atoms with E-state index in [4.69, 9.17) is 0 Å². The number of para-hydroxylation sites is 1. The van der Waals surface area contributed by atoms with Gasteiger partial charge < -0.3 is 4.90 Å². The predicted octanol–water partition coefficient (Wildman–Crippen LogP) is 4.06. The number of rotatable bonds is 0. The van der Waals surface area contributed by atoms with E-state index in [0.29, 0.717) is 5.92 Å². The summed E-state index contributed by atoms with van der Waals surface area (Å²) in [4.78, 5) is 2.64. The summed E-state index contributed by atoms with van der Waals surface area (Å²) in [6.45, 7) is 4.79. The van der Waals surface area contributed by atoms with Crippen LogP contribution in [0.2, 0.25) is 0 Å². The number of nitrogens with zero attached hydrogens (tertiary/aromatic N) is 1. The zero-order chi connectivity index (χ0) is 12.3. The van der Waals surface area contributed by atoms with Crippen LogP contribution in [0.1, 0.15) is 32.3 Å². The summed E-state index contributed by atoms with van der Waals surface area (Å²) >= 11 is 0.